The largest absolute Gasteiger partial charge is 0.463 e. The van der Waals surface area contributed by atoms with Crippen molar-refractivity contribution in [1.29, 1.82) is 0 Å². The minimum Gasteiger partial charge on any atom is -0.463 e. The van der Waals surface area contributed by atoms with Crippen molar-refractivity contribution in [2.24, 2.45) is 0 Å². The van der Waals surface area contributed by atoms with Crippen molar-refractivity contribution in [3.05, 3.63) is 72.3 Å². The summed E-state index contributed by atoms with van der Waals surface area (Å²) in [4.78, 5) is 13.5. The zero-order valence-electron chi connectivity index (χ0n) is 18.3. The van der Waals surface area contributed by atoms with Crippen LogP contribution in [0.1, 0.15) is 36.8 Å². The molecule has 0 bridgehead atoms. The zero-order valence-corrected chi connectivity index (χ0v) is 19.1. The number of unbranched alkanes of at least 4 members (excludes halogenated alkanes) is 3. The molecule has 0 aromatic heterocycles. The van der Waals surface area contributed by atoms with Gasteiger partial charge < -0.3 is 9.64 Å². The van der Waals surface area contributed by atoms with Crippen LogP contribution < -0.4 is 4.90 Å². The lowest BCUT2D eigenvalue weighted by atomic mass is 10.1. The molecule has 2 aromatic rings. The van der Waals surface area contributed by atoms with Crippen molar-refractivity contribution in [1.82, 2.24) is 0 Å². The minimum absolute atomic E-state index is 0.327. The van der Waals surface area contributed by atoms with Gasteiger partial charge in [-0.3, -0.25) is 0 Å². The first-order valence-corrected chi connectivity index (χ1v) is 12.3. The Labute approximate surface area is 186 Å². The SMILES string of the molecule is C=CC(=O)OCCCCCCN(C)c1ccc(/C=C/c2ccc(S(C)(=O)=O)cc2)cc1. The summed E-state index contributed by atoms with van der Waals surface area (Å²) in [7, 11) is -1.08. The van der Waals surface area contributed by atoms with Crippen molar-refractivity contribution < 1.29 is 17.9 Å². The Morgan fingerprint density at radius 2 is 1.48 bits per heavy atom. The number of ether oxygens (including phenoxy) is 1. The van der Waals surface area contributed by atoms with Crippen molar-refractivity contribution in [3.8, 4) is 0 Å². The molecule has 0 radical (unpaired) electrons. The lowest BCUT2D eigenvalue weighted by Crippen LogP contribution is -2.18. The van der Waals surface area contributed by atoms with Gasteiger partial charge in [0, 0.05) is 31.6 Å². The molecule has 0 atom stereocenters. The summed E-state index contributed by atoms with van der Waals surface area (Å²) in [5, 5.41) is 0. The quantitative estimate of drug-likeness (QED) is 0.201. The second-order valence-corrected chi connectivity index (χ2v) is 9.49. The first-order chi connectivity index (χ1) is 14.8. The number of hydrogen-bond acceptors (Lipinski definition) is 5. The fraction of sp³-hybridized carbons (Fsp3) is 0.320. The molecular weight excluding hydrogens is 410 g/mol. The van der Waals surface area contributed by atoms with E-state index in [0.717, 1.165) is 49.0 Å². The lowest BCUT2D eigenvalue weighted by molar-refractivity contribution is -0.137. The Hall–Kier alpha value is -2.86. The third-order valence-electron chi connectivity index (χ3n) is 4.91. The van der Waals surface area contributed by atoms with Crippen LogP contribution in [-0.4, -0.2) is 40.8 Å². The van der Waals surface area contributed by atoms with Gasteiger partial charge in [-0.05, 0) is 54.7 Å². The molecule has 0 aliphatic rings. The molecule has 0 heterocycles. The Morgan fingerprint density at radius 3 is 2.03 bits per heavy atom. The molecule has 0 amide bonds. The van der Waals surface area contributed by atoms with E-state index in [0.29, 0.717) is 11.5 Å². The maximum atomic E-state index is 11.5. The summed E-state index contributed by atoms with van der Waals surface area (Å²) < 4.78 is 28.0. The first kappa shape index (κ1) is 24.4. The van der Waals surface area contributed by atoms with Crippen LogP contribution >= 0.6 is 0 Å². The number of benzene rings is 2. The van der Waals surface area contributed by atoms with E-state index in [2.05, 4.69) is 42.8 Å². The highest BCUT2D eigenvalue weighted by Gasteiger charge is 2.05. The van der Waals surface area contributed by atoms with Gasteiger partial charge in [0.1, 0.15) is 0 Å². The summed E-state index contributed by atoms with van der Waals surface area (Å²) in [5.41, 5.74) is 3.20. The van der Waals surface area contributed by atoms with E-state index < -0.39 is 9.84 Å². The van der Waals surface area contributed by atoms with Crippen molar-refractivity contribution >= 4 is 33.6 Å². The van der Waals surface area contributed by atoms with Crippen LogP contribution in [0.15, 0.2) is 66.1 Å². The van der Waals surface area contributed by atoms with Crippen LogP contribution in [0.2, 0.25) is 0 Å². The molecule has 0 unspecified atom stereocenters. The van der Waals surface area contributed by atoms with Crippen molar-refractivity contribution in [2.45, 2.75) is 30.6 Å². The minimum atomic E-state index is -3.17. The maximum absolute atomic E-state index is 11.5. The Morgan fingerprint density at radius 1 is 0.935 bits per heavy atom. The first-order valence-electron chi connectivity index (χ1n) is 10.4. The second-order valence-electron chi connectivity index (χ2n) is 7.47. The van der Waals surface area contributed by atoms with E-state index in [9.17, 15) is 13.2 Å². The second kappa shape index (κ2) is 12.1. The van der Waals surface area contributed by atoms with Gasteiger partial charge in [0.2, 0.25) is 0 Å². The van der Waals surface area contributed by atoms with Gasteiger partial charge >= 0.3 is 5.97 Å². The third kappa shape index (κ3) is 8.80. The van der Waals surface area contributed by atoms with E-state index in [-0.39, 0.29) is 5.97 Å². The average Bonchev–Trinajstić information content (AvgIpc) is 2.76. The number of anilines is 1. The van der Waals surface area contributed by atoms with E-state index in [4.69, 9.17) is 4.74 Å². The highest BCUT2D eigenvalue weighted by atomic mass is 32.2. The van der Waals surface area contributed by atoms with E-state index >= 15 is 0 Å². The fourth-order valence-corrected chi connectivity index (χ4v) is 3.65. The number of carbonyl (C=O) groups excluding carboxylic acids is 1. The fourth-order valence-electron chi connectivity index (χ4n) is 3.02. The summed E-state index contributed by atoms with van der Waals surface area (Å²) in [6, 6.07) is 15.2. The number of esters is 1. The topological polar surface area (TPSA) is 63.7 Å². The normalized spacial score (nSPS) is 11.4. The van der Waals surface area contributed by atoms with Crippen LogP contribution in [0, 0.1) is 0 Å². The molecular formula is C25H31NO4S. The maximum Gasteiger partial charge on any atom is 0.330 e. The number of rotatable bonds is 12. The molecule has 0 spiro atoms. The average molecular weight is 442 g/mol. The van der Waals surface area contributed by atoms with Crippen LogP contribution in [0.4, 0.5) is 5.69 Å². The number of carbonyl (C=O) groups is 1. The van der Waals surface area contributed by atoms with Gasteiger partial charge in [-0.15, -0.1) is 0 Å². The van der Waals surface area contributed by atoms with E-state index in [1.807, 2.05) is 12.2 Å². The van der Waals surface area contributed by atoms with Gasteiger partial charge in [0.05, 0.1) is 11.5 Å². The molecule has 166 valence electrons. The predicted octanol–water partition coefficient (Wildman–Crippen LogP) is 4.99. The number of nitrogens with zero attached hydrogens (tertiary/aromatic N) is 1. The Kier molecular flexibility index (Phi) is 9.53. The molecule has 0 aliphatic carbocycles. The highest BCUT2D eigenvalue weighted by molar-refractivity contribution is 7.90. The summed E-state index contributed by atoms with van der Waals surface area (Å²) in [6.07, 6.45) is 10.5. The highest BCUT2D eigenvalue weighted by Crippen LogP contribution is 2.17. The zero-order chi connectivity index (χ0) is 22.7. The monoisotopic (exact) mass is 441 g/mol. The smallest absolute Gasteiger partial charge is 0.330 e. The molecule has 0 saturated carbocycles. The number of sulfone groups is 1. The van der Waals surface area contributed by atoms with Gasteiger partial charge in [0.25, 0.3) is 0 Å². The van der Waals surface area contributed by atoms with Crippen LogP contribution in [0.3, 0.4) is 0 Å². The van der Waals surface area contributed by atoms with Crippen molar-refractivity contribution in [3.63, 3.8) is 0 Å². The van der Waals surface area contributed by atoms with E-state index in [1.54, 1.807) is 24.3 Å². The molecule has 0 fully saturated rings. The Balaban J connectivity index is 1.76. The third-order valence-corrected chi connectivity index (χ3v) is 6.04. The van der Waals surface area contributed by atoms with Gasteiger partial charge in [-0.25, -0.2) is 13.2 Å². The van der Waals surface area contributed by atoms with Crippen LogP contribution in [0.5, 0.6) is 0 Å². The molecule has 5 nitrogen and oxygen atoms in total. The van der Waals surface area contributed by atoms with Gasteiger partial charge in [-0.2, -0.15) is 0 Å². The van der Waals surface area contributed by atoms with E-state index in [1.165, 1.54) is 12.3 Å². The molecule has 0 N–H and O–H groups in total. The summed E-state index contributed by atoms with van der Waals surface area (Å²) in [6.45, 7) is 4.80. The summed E-state index contributed by atoms with van der Waals surface area (Å²) in [5.74, 6) is -0.358. The predicted molar refractivity (Wildman–Crippen MR) is 128 cm³/mol. The van der Waals surface area contributed by atoms with Gasteiger partial charge in [0.15, 0.2) is 9.84 Å². The molecule has 2 rings (SSSR count). The Bertz CT molecular complexity index is 977. The molecule has 31 heavy (non-hydrogen) atoms. The standard InChI is InChI=1S/C25H31NO4S/c1-4-25(27)30-20-8-6-5-7-19-26(2)23-15-11-21(12-16-23)9-10-22-13-17-24(18-14-22)31(3,28)29/h4,9-18H,1,5-8,19-20H2,2-3H3/b10-9+. The van der Waals surface area contributed by atoms with Crippen molar-refractivity contribution in [2.75, 3.05) is 31.4 Å². The molecule has 0 saturated heterocycles. The van der Waals surface area contributed by atoms with Gasteiger partial charge in [-0.1, -0.05) is 49.4 Å². The molecule has 2 aromatic carbocycles. The van der Waals surface area contributed by atoms with Crippen LogP contribution in [0.25, 0.3) is 12.2 Å². The summed E-state index contributed by atoms with van der Waals surface area (Å²) >= 11 is 0. The van der Waals surface area contributed by atoms with Crippen LogP contribution in [-0.2, 0) is 19.4 Å². The molecule has 0 aliphatic heterocycles. The number of hydrogen-bond donors (Lipinski definition) is 0. The molecule has 6 heteroatoms. The lowest BCUT2D eigenvalue weighted by Gasteiger charge is -2.19.